The second-order valence-corrected chi connectivity index (χ2v) is 6.24. The Morgan fingerprint density at radius 1 is 0.875 bits per heavy atom. The van der Waals surface area contributed by atoms with Gasteiger partial charge in [0.2, 0.25) is 5.91 Å². The second-order valence-electron chi connectivity index (χ2n) is 6.24. The number of nitrogens with zero attached hydrogens (tertiary/aromatic N) is 1. The molecule has 3 nitrogen and oxygen atoms in total. The van der Waals surface area contributed by atoms with Crippen LogP contribution in [0.4, 0.5) is 5.82 Å². The van der Waals surface area contributed by atoms with Gasteiger partial charge in [-0.1, -0.05) is 75.1 Å². The molecule has 1 aromatic heterocycles. The minimum Gasteiger partial charge on any atom is -0.310 e. The van der Waals surface area contributed by atoms with Gasteiger partial charge in [0.1, 0.15) is 5.82 Å². The lowest BCUT2D eigenvalue weighted by Crippen LogP contribution is -2.12. The first-order valence-electron chi connectivity index (χ1n) is 8.87. The number of hydrogen-bond acceptors (Lipinski definition) is 2. The van der Waals surface area contributed by atoms with Crippen molar-refractivity contribution in [1.29, 1.82) is 0 Å². The number of carbonyl (C=O) groups is 1. The van der Waals surface area contributed by atoms with Crippen molar-refractivity contribution in [2.45, 2.75) is 45.4 Å². The first-order chi connectivity index (χ1) is 11.8. The summed E-state index contributed by atoms with van der Waals surface area (Å²) >= 11 is 0. The van der Waals surface area contributed by atoms with Gasteiger partial charge in [0.05, 0.1) is 5.52 Å². The normalized spacial score (nSPS) is 11.0. The van der Waals surface area contributed by atoms with Crippen LogP contribution in [0, 0.1) is 0 Å². The SMILES string of the molecule is CCCCCCCC(=O)Nc1nc2ccccc2c2ccccc12. The molecule has 0 radical (unpaired) electrons. The van der Waals surface area contributed by atoms with Crippen LogP contribution in [-0.4, -0.2) is 10.9 Å². The summed E-state index contributed by atoms with van der Waals surface area (Å²) in [5, 5.41) is 6.26. The van der Waals surface area contributed by atoms with Crippen LogP contribution in [0.2, 0.25) is 0 Å². The van der Waals surface area contributed by atoms with E-state index in [9.17, 15) is 4.79 Å². The van der Waals surface area contributed by atoms with Gasteiger partial charge in [-0.3, -0.25) is 4.79 Å². The highest BCUT2D eigenvalue weighted by Crippen LogP contribution is 2.29. The van der Waals surface area contributed by atoms with Crippen molar-refractivity contribution in [2.75, 3.05) is 5.32 Å². The summed E-state index contributed by atoms with van der Waals surface area (Å²) in [6, 6.07) is 16.2. The number of hydrogen-bond donors (Lipinski definition) is 1. The van der Waals surface area contributed by atoms with E-state index in [1.165, 1.54) is 19.3 Å². The van der Waals surface area contributed by atoms with Crippen molar-refractivity contribution in [1.82, 2.24) is 4.98 Å². The van der Waals surface area contributed by atoms with E-state index in [4.69, 9.17) is 0 Å². The molecule has 0 unspecified atom stereocenters. The minimum atomic E-state index is 0.0550. The smallest absolute Gasteiger partial charge is 0.225 e. The lowest BCUT2D eigenvalue weighted by Gasteiger charge is -2.10. The van der Waals surface area contributed by atoms with Gasteiger partial charge in [0.15, 0.2) is 0 Å². The van der Waals surface area contributed by atoms with Gasteiger partial charge in [-0.2, -0.15) is 0 Å². The van der Waals surface area contributed by atoms with Crippen LogP contribution in [0.25, 0.3) is 21.7 Å². The molecule has 0 fully saturated rings. The third-order valence-electron chi connectivity index (χ3n) is 4.37. The fraction of sp³-hybridized carbons (Fsp3) is 0.333. The molecule has 0 saturated carbocycles. The molecule has 1 N–H and O–H groups in total. The molecular formula is C21H24N2O. The standard InChI is InChI=1S/C21H24N2O/c1-2-3-4-5-6-15-20(24)23-21-18-13-8-7-11-16(18)17-12-9-10-14-19(17)22-21/h7-14H,2-6,15H2,1H3,(H,22,23,24). The molecule has 0 aliphatic heterocycles. The monoisotopic (exact) mass is 320 g/mol. The molecule has 124 valence electrons. The van der Waals surface area contributed by atoms with E-state index in [2.05, 4.69) is 29.4 Å². The minimum absolute atomic E-state index is 0.0550. The number of rotatable bonds is 7. The molecule has 24 heavy (non-hydrogen) atoms. The third-order valence-corrected chi connectivity index (χ3v) is 4.37. The van der Waals surface area contributed by atoms with Crippen molar-refractivity contribution >= 4 is 33.4 Å². The maximum atomic E-state index is 12.3. The van der Waals surface area contributed by atoms with Crippen molar-refractivity contribution in [2.24, 2.45) is 0 Å². The quantitative estimate of drug-likeness (QED) is 0.449. The van der Waals surface area contributed by atoms with Crippen LogP contribution in [0.15, 0.2) is 48.5 Å². The molecule has 3 heteroatoms. The number of benzene rings is 2. The van der Waals surface area contributed by atoms with Crippen molar-refractivity contribution in [3.8, 4) is 0 Å². The van der Waals surface area contributed by atoms with Crippen LogP contribution in [0.5, 0.6) is 0 Å². The van der Waals surface area contributed by atoms with Crippen molar-refractivity contribution in [3.63, 3.8) is 0 Å². The van der Waals surface area contributed by atoms with E-state index in [0.717, 1.165) is 34.5 Å². The summed E-state index contributed by atoms with van der Waals surface area (Å²) in [4.78, 5) is 16.9. The molecule has 0 aliphatic carbocycles. The Morgan fingerprint density at radius 3 is 2.33 bits per heavy atom. The summed E-state index contributed by atoms with van der Waals surface area (Å²) in [5.74, 6) is 0.724. The van der Waals surface area contributed by atoms with Crippen LogP contribution in [0.1, 0.15) is 45.4 Å². The first kappa shape index (κ1) is 16.4. The number of anilines is 1. The topological polar surface area (TPSA) is 42.0 Å². The summed E-state index contributed by atoms with van der Waals surface area (Å²) in [5.41, 5.74) is 0.912. The molecule has 3 aromatic rings. The average molecular weight is 320 g/mol. The Balaban J connectivity index is 1.79. The maximum absolute atomic E-state index is 12.3. The zero-order valence-corrected chi connectivity index (χ0v) is 14.2. The predicted molar refractivity (Wildman–Crippen MR) is 101 cm³/mol. The molecule has 1 heterocycles. The molecule has 2 aromatic carbocycles. The molecule has 0 spiro atoms. The Morgan fingerprint density at radius 2 is 1.54 bits per heavy atom. The molecule has 0 bridgehead atoms. The second kappa shape index (κ2) is 7.91. The van der Waals surface area contributed by atoms with E-state index >= 15 is 0 Å². The first-order valence-corrected chi connectivity index (χ1v) is 8.87. The molecule has 1 amide bonds. The van der Waals surface area contributed by atoms with Crippen LogP contribution < -0.4 is 5.32 Å². The Labute approximate surface area is 143 Å². The number of para-hydroxylation sites is 1. The number of fused-ring (bicyclic) bond motifs is 3. The zero-order chi connectivity index (χ0) is 16.8. The Kier molecular flexibility index (Phi) is 5.42. The predicted octanol–water partition coefficient (Wildman–Crippen LogP) is 5.69. The Hall–Kier alpha value is -2.42. The Bertz CT molecular complexity index is 841. The zero-order valence-electron chi connectivity index (χ0n) is 14.2. The lowest BCUT2D eigenvalue weighted by atomic mass is 10.1. The largest absolute Gasteiger partial charge is 0.310 e. The average Bonchev–Trinajstić information content (AvgIpc) is 2.62. The van der Waals surface area contributed by atoms with E-state index < -0.39 is 0 Å². The maximum Gasteiger partial charge on any atom is 0.225 e. The summed E-state index contributed by atoms with van der Waals surface area (Å²) < 4.78 is 0. The van der Waals surface area contributed by atoms with Gasteiger partial charge in [-0.05, 0) is 17.9 Å². The highest BCUT2D eigenvalue weighted by molar-refractivity contribution is 6.12. The number of carbonyl (C=O) groups excluding carboxylic acids is 1. The van der Waals surface area contributed by atoms with E-state index in [-0.39, 0.29) is 5.91 Å². The number of pyridine rings is 1. The van der Waals surface area contributed by atoms with Crippen LogP contribution in [-0.2, 0) is 4.79 Å². The van der Waals surface area contributed by atoms with Gasteiger partial charge in [-0.25, -0.2) is 4.98 Å². The van der Waals surface area contributed by atoms with Gasteiger partial charge >= 0.3 is 0 Å². The summed E-state index contributed by atoms with van der Waals surface area (Å²) in [6.07, 6.45) is 6.30. The third kappa shape index (κ3) is 3.73. The van der Waals surface area contributed by atoms with Gasteiger partial charge in [-0.15, -0.1) is 0 Å². The molecule has 3 rings (SSSR count). The number of amides is 1. The van der Waals surface area contributed by atoms with Crippen LogP contribution in [0.3, 0.4) is 0 Å². The highest BCUT2D eigenvalue weighted by atomic mass is 16.1. The number of unbranched alkanes of at least 4 members (excludes halogenated alkanes) is 4. The van der Waals surface area contributed by atoms with Gasteiger partial charge in [0.25, 0.3) is 0 Å². The molecule has 0 aliphatic rings. The number of aromatic nitrogens is 1. The van der Waals surface area contributed by atoms with Crippen LogP contribution >= 0.6 is 0 Å². The van der Waals surface area contributed by atoms with Crippen molar-refractivity contribution < 1.29 is 4.79 Å². The summed E-state index contributed by atoms with van der Waals surface area (Å²) in [7, 11) is 0. The molecular weight excluding hydrogens is 296 g/mol. The lowest BCUT2D eigenvalue weighted by molar-refractivity contribution is -0.116. The highest BCUT2D eigenvalue weighted by Gasteiger charge is 2.10. The fourth-order valence-electron chi connectivity index (χ4n) is 3.08. The number of nitrogens with one attached hydrogen (secondary N) is 1. The van der Waals surface area contributed by atoms with Crippen molar-refractivity contribution in [3.05, 3.63) is 48.5 Å². The van der Waals surface area contributed by atoms with Gasteiger partial charge in [0, 0.05) is 17.2 Å². The molecule has 0 saturated heterocycles. The van der Waals surface area contributed by atoms with E-state index in [0.29, 0.717) is 12.2 Å². The van der Waals surface area contributed by atoms with E-state index in [1.807, 2.05) is 36.4 Å². The molecule has 0 atom stereocenters. The fourth-order valence-corrected chi connectivity index (χ4v) is 3.08. The summed E-state index contributed by atoms with van der Waals surface area (Å²) in [6.45, 7) is 2.20. The van der Waals surface area contributed by atoms with E-state index in [1.54, 1.807) is 0 Å². The van der Waals surface area contributed by atoms with Gasteiger partial charge < -0.3 is 5.32 Å².